The first-order valence-electron chi connectivity index (χ1n) is 4.92. The third kappa shape index (κ3) is 2.97. The number of likely N-dealkylation sites (tertiary alicyclic amines) is 1. The van der Waals surface area contributed by atoms with Crippen LogP contribution in [0.2, 0.25) is 0 Å². The lowest BCUT2D eigenvalue weighted by Gasteiger charge is -2.32. The normalized spacial score (nSPS) is 24.5. The number of carbonyl (C=O) groups is 1. The van der Waals surface area contributed by atoms with Crippen molar-refractivity contribution in [3.8, 4) is 0 Å². The van der Waals surface area contributed by atoms with Gasteiger partial charge in [-0.25, -0.2) is 0 Å². The molecule has 0 aliphatic carbocycles. The Morgan fingerprint density at radius 3 is 2.92 bits per heavy atom. The van der Waals surface area contributed by atoms with Crippen LogP contribution in [0.5, 0.6) is 0 Å². The Morgan fingerprint density at radius 1 is 1.54 bits per heavy atom. The van der Waals surface area contributed by atoms with E-state index in [1.807, 2.05) is 4.90 Å². The third-order valence-electron chi connectivity index (χ3n) is 2.55. The quantitative estimate of drug-likeness (QED) is 0.661. The van der Waals surface area contributed by atoms with Crippen LogP contribution in [-0.4, -0.2) is 41.7 Å². The van der Waals surface area contributed by atoms with Crippen molar-refractivity contribution < 1.29 is 9.90 Å². The predicted octanol–water partition coefficient (Wildman–Crippen LogP) is 0.274. The van der Waals surface area contributed by atoms with Gasteiger partial charge >= 0.3 is 5.97 Å². The molecule has 4 heteroatoms. The van der Waals surface area contributed by atoms with E-state index in [0.717, 1.165) is 38.8 Å². The van der Waals surface area contributed by atoms with E-state index in [1.165, 1.54) is 0 Å². The summed E-state index contributed by atoms with van der Waals surface area (Å²) < 4.78 is 0. The first-order chi connectivity index (χ1) is 6.25. The largest absolute Gasteiger partial charge is 0.480 e. The molecular weight excluding hydrogens is 168 g/mol. The van der Waals surface area contributed by atoms with E-state index in [0.29, 0.717) is 6.54 Å². The van der Waals surface area contributed by atoms with Crippen molar-refractivity contribution in [2.24, 2.45) is 5.73 Å². The highest BCUT2D eigenvalue weighted by Crippen LogP contribution is 2.16. The molecule has 1 aliphatic rings. The molecule has 1 unspecified atom stereocenters. The van der Waals surface area contributed by atoms with Crippen LogP contribution in [0, 0.1) is 0 Å². The van der Waals surface area contributed by atoms with Gasteiger partial charge in [-0.15, -0.1) is 0 Å². The van der Waals surface area contributed by atoms with Crippen LogP contribution in [0.25, 0.3) is 0 Å². The van der Waals surface area contributed by atoms with E-state index in [4.69, 9.17) is 10.8 Å². The zero-order valence-electron chi connectivity index (χ0n) is 7.91. The molecule has 0 amide bonds. The summed E-state index contributed by atoms with van der Waals surface area (Å²) in [7, 11) is 0. The molecule has 1 rings (SSSR count). The van der Waals surface area contributed by atoms with Gasteiger partial charge in [0.15, 0.2) is 0 Å². The van der Waals surface area contributed by atoms with Crippen molar-refractivity contribution in [3.05, 3.63) is 0 Å². The van der Waals surface area contributed by atoms with E-state index in [-0.39, 0.29) is 6.04 Å². The van der Waals surface area contributed by atoms with Gasteiger partial charge in [-0.05, 0) is 32.4 Å². The summed E-state index contributed by atoms with van der Waals surface area (Å²) in [6.07, 6.45) is 3.84. The van der Waals surface area contributed by atoms with Crippen molar-refractivity contribution >= 4 is 5.97 Å². The highest BCUT2D eigenvalue weighted by atomic mass is 16.4. The molecule has 0 saturated carbocycles. The number of hydrogen-bond acceptors (Lipinski definition) is 3. The van der Waals surface area contributed by atoms with Crippen molar-refractivity contribution in [1.29, 1.82) is 0 Å². The lowest BCUT2D eigenvalue weighted by Crippen LogP contribution is -2.45. The van der Waals surface area contributed by atoms with Gasteiger partial charge in [-0.2, -0.15) is 0 Å². The highest BCUT2D eigenvalue weighted by Gasteiger charge is 2.27. The number of piperidine rings is 1. The zero-order valence-corrected chi connectivity index (χ0v) is 7.91. The second-order valence-electron chi connectivity index (χ2n) is 3.53. The van der Waals surface area contributed by atoms with Crippen LogP contribution in [0.3, 0.4) is 0 Å². The summed E-state index contributed by atoms with van der Waals surface area (Å²) >= 11 is 0. The molecule has 0 spiro atoms. The molecule has 1 aliphatic heterocycles. The summed E-state index contributed by atoms with van der Waals surface area (Å²) in [6.45, 7) is 2.38. The van der Waals surface area contributed by atoms with Gasteiger partial charge in [0.2, 0.25) is 0 Å². The van der Waals surface area contributed by atoms with E-state index in [1.54, 1.807) is 0 Å². The van der Waals surface area contributed by atoms with E-state index < -0.39 is 5.97 Å². The van der Waals surface area contributed by atoms with E-state index in [2.05, 4.69) is 0 Å². The fourth-order valence-corrected chi connectivity index (χ4v) is 1.83. The van der Waals surface area contributed by atoms with Gasteiger partial charge in [-0.1, -0.05) is 6.42 Å². The topological polar surface area (TPSA) is 66.6 Å². The Kier molecular flexibility index (Phi) is 4.18. The van der Waals surface area contributed by atoms with Crippen LogP contribution in [0.4, 0.5) is 0 Å². The monoisotopic (exact) mass is 186 g/mol. The van der Waals surface area contributed by atoms with Crippen LogP contribution >= 0.6 is 0 Å². The van der Waals surface area contributed by atoms with Crippen LogP contribution in [-0.2, 0) is 4.79 Å². The summed E-state index contributed by atoms with van der Waals surface area (Å²) in [5, 5.41) is 8.94. The molecule has 1 heterocycles. The van der Waals surface area contributed by atoms with E-state index in [9.17, 15) is 4.79 Å². The Balaban J connectivity index is 2.41. The molecule has 13 heavy (non-hydrogen) atoms. The van der Waals surface area contributed by atoms with Crippen molar-refractivity contribution in [3.63, 3.8) is 0 Å². The van der Waals surface area contributed by atoms with Crippen LogP contribution in [0.15, 0.2) is 0 Å². The van der Waals surface area contributed by atoms with Gasteiger partial charge in [0.1, 0.15) is 6.04 Å². The number of carboxylic acids is 1. The van der Waals surface area contributed by atoms with Gasteiger partial charge in [0, 0.05) is 6.54 Å². The third-order valence-corrected chi connectivity index (χ3v) is 2.55. The number of nitrogens with zero attached hydrogens (tertiary/aromatic N) is 1. The maximum Gasteiger partial charge on any atom is 0.320 e. The average Bonchev–Trinajstić information content (AvgIpc) is 2.15. The summed E-state index contributed by atoms with van der Waals surface area (Å²) in [6, 6.07) is -0.264. The first-order valence-corrected chi connectivity index (χ1v) is 4.92. The summed E-state index contributed by atoms with van der Waals surface area (Å²) in [5.41, 5.74) is 5.39. The molecule has 0 aromatic carbocycles. The van der Waals surface area contributed by atoms with Gasteiger partial charge < -0.3 is 10.8 Å². The molecule has 1 saturated heterocycles. The first kappa shape index (κ1) is 10.5. The zero-order chi connectivity index (χ0) is 9.68. The standard InChI is InChI=1S/C9H18N2O2/c10-5-3-7-11-6-2-1-4-8(11)9(12)13/h8H,1-7,10H2,(H,12,13). The number of carboxylic acid groups (broad SMARTS) is 1. The van der Waals surface area contributed by atoms with Gasteiger partial charge in [0.05, 0.1) is 0 Å². The minimum atomic E-state index is -0.684. The van der Waals surface area contributed by atoms with Crippen molar-refractivity contribution in [2.45, 2.75) is 31.7 Å². The van der Waals surface area contributed by atoms with Gasteiger partial charge in [0.25, 0.3) is 0 Å². The molecule has 3 N–H and O–H groups in total. The number of hydrogen-bond donors (Lipinski definition) is 2. The maximum absolute atomic E-state index is 10.9. The molecule has 4 nitrogen and oxygen atoms in total. The summed E-state index contributed by atoms with van der Waals surface area (Å²) in [4.78, 5) is 12.9. The minimum Gasteiger partial charge on any atom is -0.480 e. The molecular formula is C9H18N2O2. The smallest absolute Gasteiger partial charge is 0.320 e. The number of nitrogens with two attached hydrogens (primary N) is 1. The molecule has 0 bridgehead atoms. The Labute approximate surface area is 78.7 Å². The minimum absolute atomic E-state index is 0.264. The fourth-order valence-electron chi connectivity index (χ4n) is 1.83. The lowest BCUT2D eigenvalue weighted by atomic mass is 10.0. The molecule has 1 fully saturated rings. The Hall–Kier alpha value is -0.610. The van der Waals surface area contributed by atoms with Crippen molar-refractivity contribution in [2.75, 3.05) is 19.6 Å². The average molecular weight is 186 g/mol. The molecule has 76 valence electrons. The van der Waals surface area contributed by atoms with Gasteiger partial charge in [-0.3, -0.25) is 9.69 Å². The van der Waals surface area contributed by atoms with Crippen LogP contribution in [0.1, 0.15) is 25.7 Å². The van der Waals surface area contributed by atoms with E-state index >= 15 is 0 Å². The SMILES string of the molecule is NCCCN1CCCCC1C(=O)O. The van der Waals surface area contributed by atoms with Crippen molar-refractivity contribution in [1.82, 2.24) is 4.90 Å². The van der Waals surface area contributed by atoms with Crippen LogP contribution < -0.4 is 5.73 Å². The number of rotatable bonds is 4. The highest BCUT2D eigenvalue weighted by molar-refractivity contribution is 5.73. The fraction of sp³-hybridized carbons (Fsp3) is 0.889. The molecule has 1 atom stereocenters. The molecule has 0 radical (unpaired) electrons. The second-order valence-corrected chi connectivity index (χ2v) is 3.53. The lowest BCUT2D eigenvalue weighted by molar-refractivity contribution is -0.144. The molecule has 0 aromatic rings. The summed E-state index contributed by atoms with van der Waals surface area (Å²) in [5.74, 6) is -0.684. The second kappa shape index (κ2) is 5.19. The number of aliphatic carboxylic acids is 1. The molecule has 0 aromatic heterocycles. The Morgan fingerprint density at radius 2 is 2.31 bits per heavy atom. The Bertz CT molecular complexity index is 173. The predicted molar refractivity (Wildman–Crippen MR) is 50.5 cm³/mol. The maximum atomic E-state index is 10.9.